The van der Waals surface area contributed by atoms with Gasteiger partial charge in [0.15, 0.2) is 0 Å². The molecule has 10 heteroatoms. The van der Waals surface area contributed by atoms with Crippen LogP contribution in [0.1, 0.15) is 39.4 Å². The van der Waals surface area contributed by atoms with Crippen LogP contribution in [0.25, 0.3) is 0 Å². The summed E-state index contributed by atoms with van der Waals surface area (Å²) in [6, 6.07) is 9.30. The van der Waals surface area contributed by atoms with Gasteiger partial charge in [-0.3, -0.25) is 9.59 Å². The average Bonchev–Trinajstić information content (AvgIpc) is 3.23. The van der Waals surface area contributed by atoms with Gasteiger partial charge in [-0.05, 0) is 55.6 Å². The first-order valence-electron chi connectivity index (χ1n) is 9.70. The van der Waals surface area contributed by atoms with Crippen molar-refractivity contribution < 1.29 is 22.8 Å². The van der Waals surface area contributed by atoms with Gasteiger partial charge in [-0.1, -0.05) is 0 Å². The number of halogens is 3. The van der Waals surface area contributed by atoms with Crippen molar-refractivity contribution in [3.63, 3.8) is 0 Å². The Balaban J connectivity index is 1.62. The van der Waals surface area contributed by atoms with Crippen LogP contribution in [0.4, 0.5) is 24.7 Å². The first-order valence-corrected chi connectivity index (χ1v) is 10.9. The van der Waals surface area contributed by atoms with Crippen molar-refractivity contribution in [3.8, 4) is 0 Å². The van der Waals surface area contributed by atoms with E-state index in [4.69, 9.17) is 0 Å². The standard InChI is InChI=1S/C22H19F3N4O2S/c1-13-12-29(15-5-3-14(4-6-15)22(23,24)25)21(31)19-17(9-10-28(13)19)20(30)27-18-8-7-16(32-2)11-26-18/h3-11,13H,12H2,1-2H3,(H,26,27,30)/t13-/m0/s1. The molecule has 166 valence electrons. The SMILES string of the molecule is CSc1ccc(NC(=O)c2ccn3c2C(=O)N(c2ccc(C(F)(F)F)cc2)C[C@@H]3C)nc1. The van der Waals surface area contributed by atoms with Crippen molar-refractivity contribution in [2.75, 3.05) is 23.0 Å². The van der Waals surface area contributed by atoms with Crippen LogP contribution in [0.3, 0.4) is 0 Å². The minimum absolute atomic E-state index is 0.175. The van der Waals surface area contributed by atoms with Crippen LogP contribution in [0, 0.1) is 0 Å². The highest BCUT2D eigenvalue weighted by atomic mass is 32.2. The van der Waals surface area contributed by atoms with Crippen LogP contribution in [0.2, 0.25) is 0 Å². The van der Waals surface area contributed by atoms with E-state index in [2.05, 4.69) is 10.3 Å². The van der Waals surface area contributed by atoms with Gasteiger partial charge in [-0.2, -0.15) is 13.2 Å². The topological polar surface area (TPSA) is 67.2 Å². The second kappa shape index (κ2) is 8.34. The van der Waals surface area contributed by atoms with Gasteiger partial charge in [0.25, 0.3) is 11.8 Å². The molecule has 3 heterocycles. The highest BCUT2D eigenvalue weighted by molar-refractivity contribution is 7.98. The van der Waals surface area contributed by atoms with E-state index in [1.807, 2.05) is 19.2 Å². The van der Waals surface area contributed by atoms with E-state index >= 15 is 0 Å². The highest BCUT2D eigenvalue weighted by Crippen LogP contribution is 2.33. The lowest BCUT2D eigenvalue weighted by molar-refractivity contribution is -0.137. The quantitative estimate of drug-likeness (QED) is 0.551. The van der Waals surface area contributed by atoms with Gasteiger partial charge >= 0.3 is 6.18 Å². The fourth-order valence-electron chi connectivity index (χ4n) is 3.60. The van der Waals surface area contributed by atoms with Crippen LogP contribution < -0.4 is 10.2 Å². The molecular formula is C22H19F3N4O2S. The molecule has 1 aliphatic rings. The molecule has 0 aliphatic carbocycles. The summed E-state index contributed by atoms with van der Waals surface area (Å²) in [5.74, 6) is -0.592. The number of hydrogen-bond donors (Lipinski definition) is 1. The summed E-state index contributed by atoms with van der Waals surface area (Å²) < 4.78 is 40.4. The lowest BCUT2D eigenvalue weighted by Gasteiger charge is -2.33. The van der Waals surface area contributed by atoms with Crippen LogP contribution in [0.5, 0.6) is 0 Å². The Morgan fingerprint density at radius 3 is 2.47 bits per heavy atom. The Labute approximate surface area is 186 Å². The molecule has 0 saturated heterocycles. The van der Waals surface area contributed by atoms with E-state index in [0.717, 1.165) is 17.0 Å². The minimum Gasteiger partial charge on any atom is -0.338 e. The summed E-state index contributed by atoms with van der Waals surface area (Å²) in [4.78, 5) is 32.7. The number of carbonyl (C=O) groups is 2. The van der Waals surface area contributed by atoms with E-state index in [9.17, 15) is 22.8 Å². The molecule has 1 aromatic carbocycles. The van der Waals surface area contributed by atoms with E-state index in [1.54, 1.807) is 29.1 Å². The molecule has 0 saturated carbocycles. The zero-order chi connectivity index (χ0) is 23.0. The monoisotopic (exact) mass is 460 g/mol. The molecule has 0 unspecified atom stereocenters. The number of amides is 2. The molecule has 1 N–H and O–H groups in total. The lowest BCUT2D eigenvalue weighted by atomic mass is 10.1. The maximum absolute atomic E-state index is 13.3. The fraction of sp³-hybridized carbons (Fsp3) is 0.227. The number of thioether (sulfide) groups is 1. The van der Waals surface area contributed by atoms with Gasteiger partial charge in [-0.25, -0.2) is 4.98 Å². The molecule has 32 heavy (non-hydrogen) atoms. The zero-order valence-electron chi connectivity index (χ0n) is 17.2. The number of benzene rings is 1. The Kier molecular flexibility index (Phi) is 5.72. The van der Waals surface area contributed by atoms with Crippen LogP contribution in [-0.4, -0.2) is 34.2 Å². The summed E-state index contributed by atoms with van der Waals surface area (Å²) in [6.45, 7) is 2.14. The number of nitrogens with one attached hydrogen (secondary N) is 1. The number of hydrogen-bond acceptors (Lipinski definition) is 4. The number of carbonyl (C=O) groups excluding carboxylic acids is 2. The van der Waals surface area contributed by atoms with E-state index < -0.39 is 23.6 Å². The number of rotatable bonds is 4. The summed E-state index contributed by atoms with van der Waals surface area (Å²) in [5.41, 5.74) is -0.0961. The zero-order valence-corrected chi connectivity index (χ0v) is 18.0. The maximum Gasteiger partial charge on any atom is 0.416 e. The van der Waals surface area contributed by atoms with Gasteiger partial charge in [-0.15, -0.1) is 11.8 Å². The molecule has 1 atom stereocenters. The summed E-state index contributed by atoms with van der Waals surface area (Å²) in [6.07, 6.45) is 0.758. The molecule has 2 aromatic heterocycles. The van der Waals surface area contributed by atoms with Crippen LogP contribution >= 0.6 is 11.8 Å². The smallest absolute Gasteiger partial charge is 0.338 e. The number of alkyl halides is 3. The molecule has 1 aliphatic heterocycles. The Bertz CT molecular complexity index is 1160. The molecule has 6 nitrogen and oxygen atoms in total. The third kappa shape index (κ3) is 4.10. The van der Waals surface area contributed by atoms with E-state index in [-0.39, 0.29) is 23.8 Å². The lowest BCUT2D eigenvalue weighted by Crippen LogP contribution is -2.43. The van der Waals surface area contributed by atoms with E-state index in [1.165, 1.54) is 28.8 Å². The molecule has 0 spiro atoms. The van der Waals surface area contributed by atoms with Crippen molar-refractivity contribution in [2.24, 2.45) is 0 Å². The molecular weight excluding hydrogens is 441 g/mol. The fourth-order valence-corrected chi connectivity index (χ4v) is 3.96. The second-order valence-corrected chi connectivity index (χ2v) is 8.21. The minimum atomic E-state index is -4.46. The van der Waals surface area contributed by atoms with Gasteiger partial charge < -0.3 is 14.8 Å². The third-order valence-corrected chi connectivity index (χ3v) is 5.96. The first kappa shape index (κ1) is 21.9. The Morgan fingerprint density at radius 2 is 1.88 bits per heavy atom. The maximum atomic E-state index is 13.3. The Hall–Kier alpha value is -3.27. The van der Waals surface area contributed by atoms with Crippen molar-refractivity contribution >= 4 is 35.1 Å². The molecule has 0 fully saturated rings. The second-order valence-electron chi connectivity index (χ2n) is 7.33. The third-order valence-electron chi connectivity index (χ3n) is 5.25. The molecule has 0 bridgehead atoms. The summed E-state index contributed by atoms with van der Waals surface area (Å²) >= 11 is 1.52. The molecule has 4 rings (SSSR count). The van der Waals surface area contributed by atoms with E-state index in [0.29, 0.717) is 11.5 Å². The molecule has 2 amide bonds. The van der Waals surface area contributed by atoms with Crippen molar-refractivity contribution in [1.82, 2.24) is 9.55 Å². The van der Waals surface area contributed by atoms with Crippen molar-refractivity contribution in [2.45, 2.75) is 24.0 Å². The number of nitrogens with zero attached hydrogens (tertiary/aromatic N) is 3. The van der Waals surface area contributed by atoms with Crippen LogP contribution in [-0.2, 0) is 6.18 Å². The Morgan fingerprint density at radius 1 is 1.16 bits per heavy atom. The average molecular weight is 460 g/mol. The largest absolute Gasteiger partial charge is 0.416 e. The van der Waals surface area contributed by atoms with Gasteiger partial charge in [0.1, 0.15) is 11.5 Å². The van der Waals surface area contributed by atoms with Gasteiger partial charge in [0.2, 0.25) is 0 Å². The predicted octanol–water partition coefficient (Wildman–Crippen LogP) is 5.10. The first-order chi connectivity index (χ1) is 15.2. The van der Waals surface area contributed by atoms with Gasteiger partial charge in [0, 0.05) is 35.6 Å². The van der Waals surface area contributed by atoms with Crippen LogP contribution in [0.15, 0.2) is 59.8 Å². The number of fused-ring (bicyclic) bond motifs is 1. The summed E-state index contributed by atoms with van der Waals surface area (Å²) in [5, 5.41) is 2.69. The molecule has 0 radical (unpaired) electrons. The normalized spacial score (nSPS) is 16.1. The van der Waals surface area contributed by atoms with Gasteiger partial charge in [0.05, 0.1) is 11.1 Å². The van der Waals surface area contributed by atoms with Crippen molar-refractivity contribution in [1.29, 1.82) is 0 Å². The van der Waals surface area contributed by atoms with Crippen molar-refractivity contribution in [3.05, 3.63) is 71.7 Å². The predicted molar refractivity (Wildman–Crippen MR) is 116 cm³/mol. The number of pyridine rings is 1. The highest BCUT2D eigenvalue weighted by Gasteiger charge is 2.35. The molecule has 3 aromatic rings. The number of aromatic nitrogens is 2. The summed E-state index contributed by atoms with van der Waals surface area (Å²) in [7, 11) is 0. The number of anilines is 2.